The second kappa shape index (κ2) is 5.78. The molecule has 0 aromatic heterocycles. The van der Waals surface area contributed by atoms with Gasteiger partial charge >= 0.3 is 0 Å². The van der Waals surface area contributed by atoms with Crippen LogP contribution in [0.2, 0.25) is 0 Å². The van der Waals surface area contributed by atoms with Crippen molar-refractivity contribution in [2.45, 2.75) is 25.7 Å². The molecule has 0 saturated heterocycles. The van der Waals surface area contributed by atoms with Crippen molar-refractivity contribution in [1.82, 2.24) is 0 Å². The smallest absolute Gasteiger partial charge is 0.237 e. The van der Waals surface area contributed by atoms with Crippen LogP contribution in [-0.2, 0) is 10.2 Å². The van der Waals surface area contributed by atoms with E-state index in [4.69, 9.17) is 4.74 Å². The van der Waals surface area contributed by atoms with Gasteiger partial charge in [-0.1, -0.05) is 12.1 Å². The largest absolute Gasteiger partial charge is 0.497 e. The van der Waals surface area contributed by atoms with Gasteiger partial charge in [0, 0.05) is 24.7 Å². The number of likely N-dealkylation sites (N-methyl/N-ethyl adjacent to an activating group) is 1. The number of rotatable bonds is 4. The molecule has 2 aromatic rings. The van der Waals surface area contributed by atoms with Crippen molar-refractivity contribution in [3.63, 3.8) is 0 Å². The third kappa shape index (κ3) is 2.48. The maximum absolute atomic E-state index is 12.8. The van der Waals surface area contributed by atoms with E-state index in [1.807, 2.05) is 32.0 Å². The number of hydrogen-bond donors (Lipinski definition) is 0. The highest BCUT2D eigenvalue weighted by Gasteiger charge is 2.47. The minimum Gasteiger partial charge on any atom is -0.497 e. The van der Waals surface area contributed by atoms with E-state index in [9.17, 15) is 9.59 Å². The van der Waals surface area contributed by atoms with E-state index in [1.54, 1.807) is 43.3 Å². The molecule has 1 aliphatic rings. The summed E-state index contributed by atoms with van der Waals surface area (Å²) >= 11 is 0. The summed E-state index contributed by atoms with van der Waals surface area (Å²) in [5.74, 6) is 0.621. The van der Waals surface area contributed by atoms with Gasteiger partial charge in [-0.3, -0.25) is 9.59 Å². The first-order chi connectivity index (χ1) is 11.4. The van der Waals surface area contributed by atoms with Crippen LogP contribution < -0.4 is 9.64 Å². The predicted octanol–water partition coefficient (Wildman–Crippen LogP) is 3.51. The fourth-order valence-electron chi connectivity index (χ4n) is 3.35. The Hall–Kier alpha value is -2.62. The number of ketones is 1. The summed E-state index contributed by atoms with van der Waals surface area (Å²) in [7, 11) is 3.35. The number of aryl methyl sites for hydroxylation is 1. The first-order valence-corrected chi connectivity index (χ1v) is 7.93. The fourth-order valence-corrected chi connectivity index (χ4v) is 3.35. The van der Waals surface area contributed by atoms with Crippen molar-refractivity contribution in [3.05, 3.63) is 59.2 Å². The molecule has 0 saturated carbocycles. The molecule has 4 heteroatoms. The topological polar surface area (TPSA) is 46.6 Å². The minimum atomic E-state index is -0.825. The Morgan fingerprint density at radius 3 is 2.46 bits per heavy atom. The number of benzene rings is 2. The molecule has 2 aromatic carbocycles. The maximum atomic E-state index is 12.8. The summed E-state index contributed by atoms with van der Waals surface area (Å²) in [6, 6.07) is 12.9. The van der Waals surface area contributed by atoms with E-state index in [1.165, 1.54) is 0 Å². The van der Waals surface area contributed by atoms with Crippen molar-refractivity contribution < 1.29 is 14.3 Å². The molecule has 0 aliphatic carbocycles. The molecule has 0 bridgehead atoms. The molecule has 4 nitrogen and oxygen atoms in total. The lowest BCUT2D eigenvalue weighted by Gasteiger charge is -2.22. The predicted molar refractivity (Wildman–Crippen MR) is 93.9 cm³/mol. The third-order valence-electron chi connectivity index (χ3n) is 4.81. The maximum Gasteiger partial charge on any atom is 0.237 e. The van der Waals surface area contributed by atoms with Gasteiger partial charge in [0.25, 0.3) is 0 Å². The average Bonchev–Trinajstić information content (AvgIpc) is 2.76. The van der Waals surface area contributed by atoms with Gasteiger partial charge in [-0.25, -0.2) is 0 Å². The first-order valence-electron chi connectivity index (χ1n) is 7.93. The van der Waals surface area contributed by atoms with Crippen LogP contribution in [0.1, 0.15) is 34.8 Å². The molecule has 0 N–H and O–H groups in total. The number of hydrogen-bond acceptors (Lipinski definition) is 3. The number of fused-ring (bicyclic) bond motifs is 1. The summed E-state index contributed by atoms with van der Waals surface area (Å²) in [6.45, 7) is 3.85. The summed E-state index contributed by atoms with van der Waals surface area (Å²) in [4.78, 5) is 27.2. The number of anilines is 1. The number of methoxy groups -OCH3 is 1. The molecule has 1 unspecified atom stereocenters. The van der Waals surface area contributed by atoms with Crippen LogP contribution in [-0.4, -0.2) is 25.8 Å². The van der Waals surface area contributed by atoms with Crippen molar-refractivity contribution in [2.75, 3.05) is 19.1 Å². The molecular weight excluding hydrogens is 302 g/mol. The standard InChI is InChI=1S/C20H21NO3/c1-13-5-10-16-17(11-13)21(3)19(23)20(16,2)12-18(22)14-6-8-15(24-4)9-7-14/h5-11H,12H2,1-4H3. The summed E-state index contributed by atoms with van der Waals surface area (Å²) in [6.07, 6.45) is 0.151. The van der Waals surface area contributed by atoms with Crippen LogP contribution >= 0.6 is 0 Å². The van der Waals surface area contributed by atoms with Gasteiger partial charge in [-0.05, 0) is 55.3 Å². The average molecular weight is 323 g/mol. The molecule has 3 rings (SSSR count). The van der Waals surface area contributed by atoms with Crippen molar-refractivity contribution in [3.8, 4) is 5.75 Å². The first kappa shape index (κ1) is 16.2. The van der Waals surface area contributed by atoms with E-state index in [-0.39, 0.29) is 18.1 Å². The summed E-state index contributed by atoms with van der Waals surface area (Å²) < 4.78 is 5.12. The zero-order valence-corrected chi connectivity index (χ0v) is 14.4. The van der Waals surface area contributed by atoms with E-state index < -0.39 is 5.41 Å². The lowest BCUT2D eigenvalue weighted by molar-refractivity contribution is -0.122. The normalized spacial score (nSPS) is 19.3. The quantitative estimate of drug-likeness (QED) is 0.809. The van der Waals surface area contributed by atoms with E-state index in [2.05, 4.69) is 0 Å². The molecule has 0 radical (unpaired) electrons. The van der Waals surface area contributed by atoms with Crippen LogP contribution in [0.3, 0.4) is 0 Å². The van der Waals surface area contributed by atoms with Crippen molar-refractivity contribution in [2.24, 2.45) is 0 Å². The monoisotopic (exact) mass is 323 g/mol. The zero-order valence-electron chi connectivity index (χ0n) is 14.4. The van der Waals surface area contributed by atoms with Gasteiger partial charge in [0.1, 0.15) is 5.75 Å². The van der Waals surface area contributed by atoms with Crippen molar-refractivity contribution >= 4 is 17.4 Å². The number of carbonyl (C=O) groups is 2. The van der Waals surface area contributed by atoms with Crippen LogP contribution in [0.15, 0.2) is 42.5 Å². The second-order valence-corrected chi connectivity index (χ2v) is 6.55. The molecule has 1 atom stereocenters. The van der Waals surface area contributed by atoms with Crippen LogP contribution in [0.25, 0.3) is 0 Å². The second-order valence-electron chi connectivity index (χ2n) is 6.55. The van der Waals surface area contributed by atoms with Crippen LogP contribution in [0.4, 0.5) is 5.69 Å². The number of ether oxygens (including phenoxy) is 1. The zero-order chi connectivity index (χ0) is 17.5. The Balaban J connectivity index is 1.93. The molecule has 24 heavy (non-hydrogen) atoms. The number of nitrogens with zero attached hydrogens (tertiary/aromatic N) is 1. The Morgan fingerprint density at radius 2 is 1.83 bits per heavy atom. The Morgan fingerprint density at radius 1 is 1.17 bits per heavy atom. The van der Waals surface area contributed by atoms with Gasteiger partial charge in [-0.15, -0.1) is 0 Å². The molecule has 1 heterocycles. The Bertz CT molecular complexity index is 810. The van der Waals surface area contributed by atoms with Gasteiger partial charge in [0.15, 0.2) is 5.78 Å². The number of amides is 1. The number of Topliss-reactive ketones (excluding diaryl/α,β-unsaturated/α-hetero) is 1. The third-order valence-corrected chi connectivity index (χ3v) is 4.81. The minimum absolute atomic E-state index is 0.0371. The molecule has 1 amide bonds. The highest BCUT2D eigenvalue weighted by atomic mass is 16.5. The molecule has 124 valence electrons. The number of carbonyl (C=O) groups excluding carboxylic acids is 2. The highest BCUT2D eigenvalue weighted by molar-refractivity contribution is 6.11. The lowest BCUT2D eigenvalue weighted by atomic mass is 9.78. The van der Waals surface area contributed by atoms with Gasteiger partial charge in [-0.2, -0.15) is 0 Å². The SMILES string of the molecule is COc1ccc(C(=O)CC2(C)C(=O)N(C)c3cc(C)ccc32)cc1. The van der Waals surface area contributed by atoms with Gasteiger partial charge in [0.05, 0.1) is 12.5 Å². The Labute approximate surface area is 142 Å². The van der Waals surface area contributed by atoms with Crippen LogP contribution in [0.5, 0.6) is 5.75 Å². The Kier molecular flexibility index (Phi) is 3.91. The van der Waals surface area contributed by atoms with E-state index in [0.29, 0.717) is 11.3 Å². The summed E-state index contributed by atoms with van der Waals surface area (Å²) in [5.41, 5.74) is 2.68. The lowest BCUT2D eigenvalue weighted by Crippen LogP contribution is -2.37. The molecule has 1 aliphatic heterocycles. The van der Waals surface area contributed by atoms with Crippen molar-refractivity contribution in [1.29, 1.82) is 0 Å². The fraction of sp³-hybridized carbons (Fsp3) is 0.300. The van der Waals surface area contributed by atoms with Gasteiger partial charge < -0.3 is 9.64 Å². The highest BCUT2D eigenvalue weighted by Crippen LogP contribution is 2.44. The molecule has 0 spiro atoms. The molecular formula is C20H21NO3. The van der Waals surface area contributed by atoms with Crippen LogP contribution in [0, 0.1) is 6.92 Å². The molecule has 0 fully saturated rings. The van der Waals surface area contributed by atoms with Gasteiger partial charge in [0.2, 0.25) is 5.91 Å². The summed E-state index contributed by atoms with van der Waals surface area (Å²) in [5, 5.41) is 0. The van der Waals surface area contributed by atoms with E-state index in [0.717, 1.165) is 16.8 Å². The van der Waals surface area contributed by atoms with E-state index >= 15 is 0 Å².